The first-order valence-electron chi connectivity index (χ1n) is 5.42. The minimum atomic E-state index is -1.08. The van der Waals surface area contributed by atoms with Gasteiger partial charge in [0.25, 0.3) is 0 Å². The molecule has 0 aromatic heterocycles. The summed E-state index contributed by atoms with van der Waals surface area (Å²) in [5.41, 5.74) is 0.747. The average Bonchev–Trinajstić information content (AvgIpc) is 2.32. The van der Waals surface area contributed by atoms with Crippen molar-refractivity contribution >= 4 is 39.6 Å². The fourth-order valence-corrected chi connectivity index (χ4v) is 3.00. The molecule has 4 nitrogen and oxygen atoms in total. The summed E-state index contributed by atoms with van der Waals surface area (Å²) in [4.78, 5) is 21.8. The molecule has 0 spiro atoms. The largest absolute Gasteiger partial charge is 0.480 e. The highest BCUT2D eigenvalue weighted by molar-refractivity contribution is 9.10. The van der Waals surface area contributed by atoms with Crippen LogP contribution in [0.4, 0.5) is 4.39 Å². The van der Waals surface area contributed by atoms with Crippen LogP contribution in [0.5, 0.6) is 0 Å². The standard InChI is InChI=1S/C12H13BrFNO3S/c1-7(16)15-10(12(17)18)6-19-5-8-3-2-4-9(14)11(8)13/h2-4,10H,5-6H2,1H3,(H,15,16)(H,17,18)/t10-/m0/s1. The van der Waals surface area contributed by atoms with Crippen molar-refractivity contribution < 1.29 is 19.1 Å². The maximum absolute atomic E-state index is 13.3. The van der Waals surface area contributed by atoms with Crippen LogP contribution >= 0.6 is 27.7 Å². The van der Waals surface area contributed by atoms with Crippen LogP contribution in [0, 0.1) is 5.82 Å². The molecular weight excluding hydrogens is 337 g/mol. The summed E-state index contributed by atoms with van der Waals surface area (Å²) >= 11 is 4.46. The number of halogens is 2. The number of hydrogen-bond acceptors (Lipinski definition) is 3. The number of carbonyl (C=O) groups excluding carboxylic acids is 1. The lowest BCUT2D eigenvalue weighted by Gasteiger charge is -2.13. The van der Waals surface area contributed by atoms with Gasteiger partial charge in [-0.3, -0.25) is 4.79 Å². The van der Waals surface area contributed by atoms with E-state index in [9.17, 15) is 14.0 Å². The molecule has 0 aliphatic carbocycles. The molecule has 0 heterocycles. The van der Waals surface area contributed by atoms with Gasteiger partial charge in [-0.2, -0.15) is 11.8 Å². The molecule has 0 saturated heterocycles. The van der Waals surface area contributed by atoms with E-state index in [2.05, 4.69) is 21.2 Å². The number of nitrogens with one attached hydrogen (secondary N) is 1. The molecule has 1 aromatic rings. The summed E-state index contributed by atoms with van der Waals surface area (Å²) < 4.78 is 13.6. The van der Waals surface area contributed by atoms with E-state index in [1.807, 2.05) is 0 Å². The summed E-state index contributed by atoms with van der Waals surface area (Å²) in [5, 5.41) is 11.3. The first-order chi connectivity index (χ1) is 8.91. The highest BCUT2D eigenvalue weighted by atomic mass is 79.9. The predicted molar refractivity (Wildman–Crippen MR) is 75.5 cm³/mol. The van der Waals surface area contributed by atoms with Gasteiger partial charge in [0.1, 0.15) is 11.9 Å². The van der Waals surface area contributed by atoms with E-state index in [1.54, 1.807) is 12.1 Å². The zero-order valence-electron chi connectivity index (χ0n) is 10.2. The lowest BCUT2D eigenvalue weighted by Crippen LogP contribution is -2.41. The molecule has 0 saturated carbocycles. The Morgan fingerprint density at radius 3 is 2.79 bits per heavy atom. The van der Waals surface area contributed by atoms with Crippen molar-refractivity contribution in [3.8, 4) is 0 Å². The van der Waals surface area contributed by atoms with Crippen molar-refractivity contribution in [2.75, 3.05) is 5.75 Å². The maximum atomic E-state index is 13.3. The highest BCUT2D eigenvalue weighted by Crippen LogP contribution is 2.24. The van der Waals surface area contributed by atoms with Gasteiger partial charge < -0.3 is 10.4 Å². The monoisotopic (exact) mass is 349 g/mol. The van der Waals surface area contributed by atoms with Gasteiger partial charge in [-0.25, -0.2) is 9.18 Å². The topological polar surface area (TPSA) is 66.4 Å². The number of carboxylic acids is 1. The predicted octanol–water partition coefficient (Wildman–Crippen LogP) is 2.41. The fraction of sp³-hybridized carbons (Fsp3) is 0.333. The Morgan fingerprint density at radius 1 is 1.53 bits per heavy atom. The van der Waals surface area contributed by atoms with E-state index in [1.165, 1.54) is 24.8 Å². The van der Waals surface area contributed by atoms with Gasteiger partial charge in [-0.05, 0) is 27.6 Å². The number of carbonyl (C=O) groups is 2. The first kappa shape index (κ1) is 16.0. The average molecular weight is 350 g/mol. The van der Waals surface area contributed by atoms with Crippen LogP contribution in [-0.2, 0) is 15.3 Å². The summed E-state index contributed by atoms with van der Waals surface area (Å²) in [5.74, 6) is -1.14. The van der Waals surface area contributed by atoms with E-state index in [-0.39, 0.29) is 17.5 Å². The number of carboxylic acid groups (broad SMARTS) is 1. The number of aliphatic carboxylic acids is 1. The molecule has 1 aromatic carbocycles. The normalized spacial score (nSPS) is 11.9. The molecular formula is C12H13BrFNO3S. The van der Waals surface area contributed by atoms with Crippen molar-refractivity contribution in [1.82, 2.24) is 5.32 Å². The van der Waals surface area contributed by atoms with E-state index in [0.29, 0.717) is 10.2 Å². The van der Waals surface area contributed by atoms with E-state index >= 15 is 0 Å². The van der Waals surface area contributed by atoms with Gasteiger partial charge >= 0.3 is 5.97 Å². The van der Waals surface area contributed by atoms with Gasteiger partial charge in [-0.1, -0.05) is 12.1 Å². The number of amides is 1. The molecule has 2 N–H and O–H groups in total. The van der Waals surface area contributed by atoms with E-state index < -0.39 is 12.0 Å². The third-order valence-corrected chi connectivity index (χ3v) is 4.22. The quantitative estimate of drug-likeness (QED) is 0.827. The van der Waals surface area contributed by atoms with Crippen LogP contribution in [0.1, 0.15) is 12.5 Å². The van der Waals surface area contributed by atoms with Crippen molar-refractivity contribution in [1.29, 1.82) is 0 Å². The number of benzene rings is 1. The van der Waals surface area contributed by atoms with Crippen LogP contribution in [-0.4, -0.2) is 28.8 Å². The summed E-state index contributed by atoms with van der Waals surface area (Å²) in [6.07, 6.45) is 0. The smallest absolute Gasteiger partial charge is 0.327 e. The SMILES string of the molecule is CC(=O)N[C@@H](CSCc1cccc(F)c1Br)C(=O)O. The molecule has 0 bridgehead atoms. The van der Waals surface area contributed by atoms with E-state index in [4.69, 9.17) is 5.11 Å². The minimum Gasteiger partial charge on any atom is -0.480 e. The summed E-state index contributed by atoms with van der Waals surface area (Å²) in [7, 11) is 0. The minimum absolute atomic E-state index is 0.220. The van der Waals surface area contributed by atoms with Gasteiger partial charge in [0.15, 0.2) is 0 Å². The Morgan fingerprint density at radius 2 is 2.21 bits per heavy atom. The van der Waals surface area contributed by atoms with Crippen molar-refractivity contribution in [3.05, 3.63) is 34.1 Å². The van der Waals surface area contributed by atoms with Gasteiger partial charge in [0.2, 0.25) is 5.91 Å². The number of hydrogen-bond donors (Lipinski definition) is 2. The molecule has 0 radical (unpaired) electrons. The molecule has 0 aliphatic rings. The Labute approximate surface area is 122 Å². The second kappa shape index (κ2) is 7.49. The summed E-state index contributed by atoms with van der Waals surface area (Å²) in [6.45, 7) is 1.27. The lowest BCUT2D eigenvalue weighted by atomic mass is 10.2. The first-order valence-corrected chi connectivity index (χ1v) is 7.37. The van der Waals surface area contributed by atoms with Crippen LogP contribution in [0.25, 0.3) is 0 Å². The maximum Gasteiger partial charge on any atom is 0.327 e. The third kappa shape index (κ3) is 5.20. The van der Waals surface area contributed by atoms with Crippen LogP contribution < -0.4 is 5.32 Å². The number of thioether (sulfide) groups is 1. The molecule has 1 amide bonds. The van der Waals surface area contributed by atoms with Gasteiger partial charge in [0.05, 0.1) is 4.47 Å². The molecule has 1 rings (SSSR count). The van der Waals surface area contributed by atoms with Crippen molar-refractivity contribution in [2.45, 2.75) is 18.7 Å². The van der Waals surface area contributed by atoms with Crippen molar-refractivity contribution in [2.24, 2.45) is 0 Å². The van der Waals surface area contributed by atoms with Crippen LogP contribution in [0.15, 0.2) is 22.7 Å². The van der Waals surface area contributed by atoms with Crippen molar-refractivity contribution in [3.63, 3.8) is 0 Å². The number of rotatable bonds is 6. The van der Waals surface area contributed by atoms with Crippen LogP contribution in [0.3, 0.4) is 0 Å². The van der Waals surface area contributed by atoms with E-state index in [0.717, 1.165) is 5.56 Å². The molecule has 0 fully saturated rings. The zero-order chi connectivity index (χ0) is 14.4. The van der Waals surface area contributed by atoms with Crippen LogP contribution in [0.2, 0.25) is 0 Å². The fourth-order valence-electron chi connectivity index (χ4n) is 1.37. The highest BCUT2D eigenvalue weighted by Gasteiger charge is 2.18. The molecule has 0 aliphatic heterocycles. The molecule has 1 atom stereocenters. The Balaban J connectivity index is 2.54. The molecule has 0 unspecified atom stereocenters. The molecule has 104 valence electrons. The zero-order valence-corrected chi connectivity index (χ0v) is 12.6. The van der Waals surface area contributed by atoms with Gasteiger partial charge in [0, 0.05) is 18.4 Å². The second-order valence-corrected chi connectivity index (χ2v) is 5.64. The second-order valence-electron chi connectivity index (χ2n) is 3.82. The summed E-state index contributed by atoms with van der Waals surface area (Å²) in [6, 6.07) is 3.76. The lowest BCUT2D eigenvalue weighted by molar-refractivity contribution is -0.140. The Bertz CT molecular complexity index is 484. The van der Waals surface area contributed by atoms with Gasteiger partial charge in [-0.15, -0.1) is 0 Å². The molecule has 19 heavy (non-hydrogen) atoms. The molecule has 7 heteroatoms. The Kier molecular flexibility index (Phi) is 6.30. The Hall–Kier alpha value is -1.08. The third-order valence-electron chi connectivity index (χ3n) is 2.25.